The van der Waals surface area contributed by atoms with E-state index in [4.69, 9.17) is 10.5 Å². The molecule has 0 radical (unpaired) electrons. The first kappa shape index (κ1) is 19.5. The summed E-state index contributed by atoms with van der Waals surface area (Å²) in [6.45, 7) is 2.98. The van der Waals surface area contributed by atoms with E-state index in [9.17, 15) is 4.79 Å². The third-order valence-corrected chi connectivity index (χ3v) is 4.79. The summed E-state index contributed by atoms with van der Waals surface area (Å²) >= 11 is 0. The molecule has 1 saturated carbocycles. The van der Waals surface area contributed by atoms with Gasteiger partial charge < -0.3 is 10.5 Å². The van der Waals surface area contributed by atoms with Crippen molar-refractivity contribution in [3.63, 3.8) is 0 Å². The molecular weight excluding hydrogens is 312 g/mol. The van der Waals surface area contributed by atoms with Crippen LogP contribution in [0.25, 0.3) is 0 Å². The van der Waals surface area contributed by atoms with Crippen LogP contribution >= 0.6 is 0 Å². The highest BCUT2D eigenvalue weighted by atomic mass is 16.5. The Morgan fingerprint density at radius 3 is 2.36 bits per heavy atom. The number of unbranched alkanes of at least 4 members (excludes halogenated alkanes) is 4. The van der Waals surface area contributed by atoms with Gasteiger partial charge in [0, 0.05) is 12.1 Å². The summed E-state index contributed by atoms with van der Waals surface area (Å²) in [7, 11) is 0. The van der Waals surface area contributed by atoms with Gasteiger partial charge in [-0.25, -0.2) is 4.79 Å². The van der Waals surface area contributed by atoms with Gasteiger partial charge in [-0.3, -0.25) is 4.99 Å². The van der Waals surface area contributed by atoms with Crippen LogP contribution in [0.15, 0.2) is 29.3 Å². The summed E-state index contributed by atoms with van der Waals surface area (Å²) in [5.41, 5.74) is 7.49. The minimum absolute atomic E-state index is 0.0836. The van der Waals surface area contributed by atoms with Crippen molar-refractivity contribution >= 4 is 11.8 Å². The number of carbonyl (C=O) groups excluding carboxylic acids is 1. The number of esters is 1. The van der Waals surface area contributed by atoms with Crippen LogP contribution in [0.3, 0.4) is 0 Å². The molecule has 25 heavy (non-hydrogen) atoms. The quantitative estimate of drug-likeness (QED) is 0.301. The highest BCUT2D eigenvalue weighted by molar-refractivity contribution is 5.98. The van der Waals surface area contributed by atoms with Gasteiger partial charge >= 0.3 is 5.97 Å². The van der Waals surface area contributed by atoms with Crippen molar-refractivity contribution in [2.24, 2.45) is 10.7 Å². The van der Waals surface area contributed by atoms with E-state index in [1.807, 2.05) is 12.1 Å². The van der Waals surface area contributed by atoms with Gasteiger partial charge in [0.25, 0.3) is 0 Å². The Labute approximate surface area is 151 Å². The second kappa shape index (κ2) is 10.9. The molecule has 1 fully saturated rings. The third-order valence-electron chi connectivity index (χ3n) is 4.79. The smallest absolute Gasteiger partial charge is 0.338 e. The number of nitrogens with zero attached hydrogens (tertiary/aromatic N) is 1. The molecule has 1 aromatic rings. The lowest BCUT2D eigenvalue weighted by molar-refractivity contribution is 0.0211. The normalized spacial score (nSPS) is 16.0. The first-order chi connectivity index (χ1) is 12.2. The van der Waals surface area contributed by atoms with Crippen molar-refractivity contribution < 1.29 is 9.53 Å². The fourth-order valence-electron chi connectivity index (χ4n) is 3.19. The second-order valence-corrected chi connectivity index (χ2v) is 6.92. The van der Waals surface area contributed by atoms with Crippen LogP contribution in [-0.2, 0) is 4.74 Å². The van der Waals surface area contributed by atoms with Gasteiger partial charge in [0.1, 0.15) is 11.9 Å². The summed E-state index contributed by atoms with van der Waals surface area (Å²) in [6.07, 6.45) is 11.7. The van der Waals surface area contributed by atoms with Crippen molar-refractivity contribution in [1.82, 2.24) is 0 Å². The average Bonchev–Trinajstić information content (AvgIpc) is 2.65. The maximum atomic E-state index is 12.2. The minimum atomic E-state index is -0.232. The van der Waals surface area contributed by atoms with Crippen molar-refractivity contribution in [2.75, 3.05) is 6.54 Å². The van der Waals surface area contributed by atoms with E-state index < -0.39 is 0 Å². The summed E-state index contributed by atoms with van der Waals surface area (Å²) in [4.78, 5) is 16.6. The molecule has 1 aromatic carbocycles. The molecule has 1 aliphatic carbocycles. The van der Waals surface area contributed by atoms with Crippen LogP contribution in [0, 0.1) is 0 Å². The monoisotopic (exact) mass is 344 g/mol. The zero-order valence-corrected chi connectivity index (χ0v) is 15.5. The summed E-state index contributed by atoms with van der Waals surface area (Å²) in [6, 6.07) is 7.27. The summed E-state index contributed by atoms with van der Waals surface area (Å²) in [5, 5.41) is 0. The molecule has 0 spiro atoms. The summed E-state index contributed by atoms with van der Waals surface area (Å²) < 4.78 is 5.59. The van der Waals surface area contributed by atoms with Crippen LogP contribution in [-0.4, -0.2) is 24.5 Å². The molecular formula is C21H32N2O2. The predicted octanol–water partition coefficient (Wildman–Crippen LogP) is 4.85. The van der Waals surface area contributed by atoms with Gasteiger partial charge in [-0.05, 0) is 44.2 Å². The van der Waals surface area contributed by atoms with Crippen molar-refractivity contribution in [3.05, 3.63) is 35.4 Å². The van der Waals surface area contributed by atoms with E-state index in [-0.39, 0.29) is 12.1 Å². The van der Waals surface area contributed by atoms with Gasteiger partial charge in [0.15, 0.2) is 0 Å². The molecule has 0 aromatic heterocycles. The third kappa shape index (κ3) is 6.89. The topological polar surface area (TPSA) is 64.7 Å². The molecule has 2 N–H and O–H groups in total. The lowest BCUT2D eigenvalue weighted by Gasteiger charge is -2.21. The van der Waals surface area contributed by atoms with Crippen molar-refractivity contribution in [3.8, 4) is 0 Å². The molecule has 0 bridgehead atoms. The molecule has 0 unspecified atom stereocenters. The number of hydrogen-bond donors (Lipinski definition) is 1. The number of hydrogen-bond acceptors (Lipinski definition) is 3. The highest BCUT2D eigenvalue weighted by Crippen LogP contribution is 2.21. The van der Waals surface area contributed by atoms with E-state index >= 15 is 0 Å². The lowest BCUT2D eigenvalue weighted by Crippen LogP contribution is -2.21. The van der Waals surface area contributed by atoms with Gasteiger partial charge in [-0.15, -0.1) is 0 Å². The van der Waals surface area contributed by atoms with Crippen LogP contribution in [0.2, 0.25) is 0 Å². The molecule has 4 heteroatoms. The zero-order chi connectivity index (χ0) is 17.9. The molecule has 0 atom stereocenters. The van der Waals surface area contributed by atoms with E-state index in [0.29, 0.717) is 11.4 Å². The fraction of sp³-hybridized carbons (Fsp3) is 0.619. The number of nitrogens with two attached hydrogens (primary N) is 1. The van der Waals surface area contributed by atoms with Crippen LogP contribution in [0.4, 0.5) is 0 Å². The molecule has 0 saturated heterocycles. The molecule has 0 heterocycles. The second-order valence-electron chi connectivity index (χ2n) is 6.92. The van der Waals surface area contributed by atoms with Gasteiger partial charge in [0.2, 0.25) is 0 Å². The number of aliphatic imine (C=N–C) groups is 1. The van der Waals surface area contributed by atoms with E-state index in [2.05, 4.69) is 11.9 Å². The Morgan fingerprint density at radius 1 is 1.04 bits per heavy atom. The molecule has 4 nitrogen and oxygen atoms in total. The van der Waals surface area contributed by atoms with E-state index in [1.165, 1.54) is 32.1 Å². The molecule has 138 valence electrons. The minimum Gasteiger partial charge on any atom is -0.459 e. The Hall–Kier alpha value is -1.84. The molecule has 2 rings (SSSR count). The number of benzene rings is 1. The summed E-state index contributed by atoms with van der Waals surface area (Å²) in [5.74, 6) is 0.313. The van der Waals surface area contributed by atoms with Crippen molar-refractivity contribution in [2.45, 2.75) is 77.2 Å². The maximum absolute atomic E-state index is 12.2. The van der Waals surface area contributed by atoms with E-state index in [1.54, 1.807) is 12.1 Å². The van der Waals surface area contributed by atoms with Crippen molar-refractivity contribution in [1.29, 1.82) is 0 Å². The first-order valence-corrected chi connectivity index (χ1v) is 9.82. The number of amidine groups is 1. The zero-order valence-electron chi connectivity index (χ0n) is 15.5. The first-order valence-electron chi connectivity index (χ1n) is 9.82. The molecule has 1 aliphatic rings. The molecule has 0 aliphatic heterocycles. The van der Waals surface area contributed by atoms with Gasteiger partial charge in [-0.2, -0.15) is 0 Å². The SMILES string of the molecule is CCCCCCCN=C(N)c1ccc(C(=O)OC2CCCCC2)cc1. The Kier molecular flexibility index (Phi) is 8.50. The predicted molar refractivity (Wildman–Crippen MR) is 103 cm³/mol. The van der Waals surface area contributed by atoms with Gasteiger partial charge in [-0.1, -0.05) is 51.2 Å². The fourth-order valence-corrected chi connectivity index (χ4v) is 3.19. The van der Waals surface area contributed by atoms with Gasteiger partial charge in [0.05, 0.1) is 5.56 Å². The Morgan fingerprint density at radius 2 is 1.68 bits per heavy atom. The van der Waals surface area contributed by atoms with E-state index in [0.717, 1.165) is 44.2 Å². The number of ether oxygens (including phenoxy) is 1. The Balaban J connectivity index is 1.80. The largest absolute Gasteiger partial charge is 0.459 e. The van der Waals surface area contributed by atoms with Crippen LogP contribution in [0.5, 0.6) is 0 Å². The standard InChI is InChI=1S/C21H32N2O2/c1-2-3-4-5-9-16-23-20(22)17-12-14-18(15-13-17)21(24)25-19-10-7-6-8-11-19/h12-15,19H,2-11,16H2,1H3,(H2,22,23). The van der Waals surface area contributed by atoms with Crippen LogP contribution in [0.1, 0.15) is 87.1 Å². The maximum Gasteiger partial charge on any atom is 0.338 e. The number of carbonyl (C=O) groups is 1. The lowest BCUT2D eigenvalue weighted by atomic mass is 9.98. The Bertz CT molecular complexity index is 546. The number of rotatable bonds is 9. The average molecular weight is 344 g/mol. The molecule has 0 amide bonds. The highest BCUT2D eigenvalue weighted by Gasteiger charge is 2.18. The van der Waals surface area contributed by atoms with Crippen LogP contribution < -0.4 is 5.73 Å².